The van der Waals surface area contributed by atoms with E-state index in [4.69, 9.17) is 0 Å². The van der Waals surface area contributed by atoms with Crippen molar-refractivity contribution in [1.82, 2.24) is 4.57 Å². The Morgan fingerprint density at radius 2 is 1.23 bits per heavy atom. The molecule has 0 spiro atoms. The van der Waals surface area contributed by atoms with Crippen molar-refractivity contribution in [2.45, 2.75) is 68.2 Å². The summed E-state index contributed by atoms with van der Waals surface area (Å²) in [5.74, 6) is 0. The third kappa shape index (κ3) is 7.75. The van der Waals surface area contributed by atoms with Crippen LogP contribution in [0.1, 0.15) is 75.7 Å². The lowest BCUT2D eigenvalue weighted by molar-refractivity contribution is 0.996. The maximum Gasteiger partial charge on any atom is 0.0497 e. The Kier molecular flexibility index (Phi) is 16.6. The molecule has 0 saturated carbocycles. The van der Waals surface area contributed by atoms with E-state index in [0.717, 1.165) is 19.3 Å². The van der Waals surface area contributed by atoms with E-state index < -0.39 is 0 Å². The van der Waals surface area contributed by atoms with E-state index >= 15 is 0 Å². The third-order valence-corrected chi connectivity index (χ3v) is 4.87. The van der Waals surface area contributed by atoms with Crippen LogP contribution in [0.2, 0.25) is 0 Å². The first-order valence-electron chi connectivity index (χ1n) is 11.1. The summed E-state index contributed by atoms with van der Waals surface area (Å²) in [5, 5.41) is 0. The molecule has 1 heteroatoms. The van der Waals surface area contributed by atoms with Gasteiger partial charge in [-0.3, -0.25) is 0 Å². The lowest BCUT2D eigenvalue weighted by Crippen LogP contribution is -2.02. The Morgan fingerprint density at radius 3 is 1.61 bits per heavy atom. The SMILES string of the molecule is C.C=C.C=C/C=C\c1c(C)c(CC)c(/C=C\C=C)n1-c1cc(CC)cc(CC)c1.CC. The van der Waals surface area contributed by atoms with Crippen molar-refractivity contribution in [1.29, 1.82) is 0 Å². The minimum atomic E-state index is 0. The molecular weight excluding hydrogens is 374 g/mol. The predicted molar refractivity (Wildman–Crippen MR) is 146 cm³/mol. The van der Waals surface area contributed by atoms with Gasteiger partial charge < -0.3 is 4.57 Å². The number of rotatable bonds is 8. The Morgan fingerprint density at radius 1 is 0.774 bits per heavy atom. The normalized spacial score (nSPS) is 10.0. The summed E-state index contributed by atoms with van der Waals surface area (Å²) in [5.41, 5.74) is 9.16. The molecule has 1 heterocycles. The van der Waals surface area contributed by atoms with E-state index in [9.17, 15) is 0 Å². The minimum absolute atomic E-state index is 0. The monoisotopic (exact) mass is 419 g/mol. The van der Waals surface area contributed by atoms with Crippen LogP contribution in [0.15, 0.2) is 68.8 Å². The molecule has 0 radical (unpaired) electrons. The van der Waals surface area contributed by atoms with Crippen LogP contribution in [0.25, 0.3) is 17.8 Å². The summed E-state index contributed by atoms with van der Waals surface area (Å²) >= 11 is 0. The Labute approximate surface area is 193 Å². The van der Waals surface area contributed by atoms with Crippen LogP contribution in [-0.4, -0.2) is 4.57 Å². The minimum Gasteiger partial charge on any atom is -0.310 e. The summed E-state index contributed by atoms with van der Waals surface area (Å²) in [6.07, 6.45) is 15.1. The van der Waals surface area contributed by atoms with E-state index in [-0.39, 0.29) is 7.43 Å². The van der Waals surface area contributed by atoms with Gasteiger partial charge in [0.15, 0.2) is 0 Å². The van der Waals surface area contributed by atoms with Gasteiger partial charge in [0.1, 0.15) is 0 Å². The highest BCUT2D eigenvalue weighted by Gasteiger charge is 2.17. The van der Waals surface area contributed by atoms with Gasteiger partial charge >= 0.3 is 0 Å². The first kappa shape index (κ1) is 30.4. The number of aromatic nitrogens is 1. The first-order chi connectivity index (χ1) is 14.6. The molecule has 0 saturated heterocycles. The fourth-order valence-electron chi connectivity index (χ4n) is 3.48. The third-order valence-electron chi connectivity index (χ3n) is 4.87. The molecular formula is C30H45N. The largest absolute Gasteiger partial charge is 0.310 e. The molecule has 0 aliphatic rings. The number of allylic oxidation sites excluding steroid dienone is 4. The zero-order valence-electron chi connectivity index (χ0n) is 20.1. The fraction of sp³-hybridized carbons (Fsp3) is 0.333. The average molecular weight is 420 g/mol. The second kappa shape index (κ2) is 16.9. The zero-order chi connectivity index (χ0) is 23.1. The summed E-state index contributed by atoms with van der Waals surface area (Å²) < 4.78 is 2.38. The molecule has 0 bridgehead atoms. The molecule has 1 aromatic carbocycles. The molecule has 0 aliphatic carbocycles. The molecule has 0 N–H and O–H groups in total. The molecule has 0 aliphatic heterocycles. The zero-order valence-corrected chi connectivity index (χ0v) is 20.1. The molecule has 1 aromatic heterocycles. The molecule has 1 nitrogen and oxygen atoms in total. The molecule has 31 heavy (non-hydrogen) atoms. The highest BCUT2D eigenvalue weighted by Crippen LogP contribution is 2.30. The Bertz CT molecular complexity index is 837. The van der Waals surface area contributed by atoms with Crippen molar-refractivity contribution < 1.29 is 0 Å². The summed E-state index contributed by atoms with van der Waals surface area (Å²) in [4.78, 5) is 0. The number of hydrogen-bond donors (Lipinski definition) is 0. The van der Waals surface area contributed by atoms with Gasteiger partial charge in [0.2, 0.25) is 0 Å². The Hall–Kier alpha value is -2.80. The van der Waals surface area contributed by atoms with Gasteiger partial charge in [-0.15, -0.1) is 13.2 Å². The van der Waals surface area contributed by atoms with Crippen LogP contribution < -0.4 is 0 Å². The average Bonchev–Trinajstić information content (AvgIpc) is 3.08. The number of benzene rings is 1. The van der Waals surface area contributed by atoms with Gasteiger partial charge in [-0.1, -0.05) is 85.6 Å². The van der Waals surface area contributed by atoms with Crippen LogP contribution in [-0.2, 0) is 19.3 Å². The highest BCUT2D eigenvalue weighted by molar-refractivity contribution is 5.68. The maximum atomic E-state index is 3.84. The van der Waals surface area contributed by atoms with Crippen molar-refractivity contribution in [2.75, 3.05) is 0 Å². The molecule has 0 amide bonds. The van der Waals surface area contributed by atoms with Crippen molar-refractivity contribution in [3.05, 3.63) is 102 Å². The quantitative estimate of drug-likeness (QED) is 0.297. The van der Waals surface area contributed by atoms with Crippen LogP contribution in [0.4, 0.5) is 0 Å². The molecule has 0 unspecified atom stereocenters. The molecule has 0 atom stereocenters. The summed E-state index contributed by atoms with van der Waals surface area (Å²) in [6.45, 7) is 26.6. The topological polar surface area (TPSA) is 4.93 Å². The van der Waals surface area contributed by atoms with Crippen LogP contribution in [0, 0.1) is 6.92 Å². The fourth-order valence-corrected chi connectivity index (χ4v) is 3.48. The lowest BCUT2D eigenvalue weighted by Gasteiger charge is -2.14. The van der Waals surface area contributed by atoms with Crippen LogP contribution >= 0.6 is 0 Å². The van der Waals surface area contributed by atoms with Crippen molar-refractivity contribution in [2.24, 2.45) is 0 Å². The second-order valence-electron chi connectivity index (χ2n) is 6.47. The van der Waals surface area contributed by atoms with Gasteiger partial charge in [-0.05, 0) is 72.7 Å². The summed E-state index contributed by atoms with van der Waals surface area (Å²) in [7, 11) is 0. The predicted octanol–water partition coefficient (Wildman–Crippen LogP) is 9.34. The van der Waals surface area contributed by atoms with E-state index in [0.29, 0.717) is 0 Å². The van der Waals surface area contributed by atoms with Gasteiger partial charge in [-0.2, -0.15) is 0 Å². The van der Waals surface area contributed by atoms with E-state index in [1.807, 2.05) is 38.2 Å². The second-order valence-corrected chi connectivity index (χ2v) is 6.47. The molecule has 2 aromatic rings. The summed E-state index contributed by atoms with van der Waals surface area (Å²) in [6, 6.07) is 6.95. The number of nitrogens with zero attached hydrogens (tertiary/aromatic N) is 1. The van der Waals surface area contributed by atoms with E-state index in [1.54, 1.807) is 0 Å². The number of hydrogen-bond acceptors (Lipinski definition) is 0. The van der Waals surface area contributed by atoms with Crippen LogP contribution in [0.5, 0.6) is 0 Å². The van der Waals surface area contributed by atoms with Crippen molar-refractivity contribution >= 4 is 12.2 Å². The van der Waals surface area contributed by atoms with Crippen molar-refractivity contribution in [3.63, 3.8) is 0 Å². The maximum absolute atomic E-state index is 3.84. The molecule has 0 fully saturated rings. The highest BCUT2D eigenvalue weighted by atomic mass is 15.0. The van der Waals surface area contributed by atoms with Gasteiger partial charge in [-0.25, -0.2) is 0 Å². The van der Waals surface area contributed by atoms with E-state index in [2.05, 4.69) is 88.9 Å². The molecule has 2 rings (SSSR count). The van der Waals surface area contributed by atoms with Gasteiger partial charge in [0, 0.05) is 17.1 Å². The van der Waals surface area contributed by atoms with Crippen molar-refractivity contribution in [3.8, 4) is 5.69 Å². The lowest BCUT2D eigenvalue weighted by atomic mass is 10.0. The first-order valence-corrected chi connectivity index (χ1v) is 11.1. The standard InChI is InChI=1S/C25H31N.C2H6.C2H4.CH4/c1-7-12-14-24-19(6)23(11-5)25(15-13-8-2)26(24)22-17-20(9-3)16-21(10-4)18-22;2*1-2;/h7-8,12-18H,1-2,9-11H2,3-6H3;1-2H3;1-2H2;1H4/b14-12-,15-13-;;;. The molecule has 170 valence electrons. The van der Waals surface area contributed by atoms with Gasteiger partial charge in [0.25, 0.3) is 0 Å². The smallest absolute Gasteiger partial charge is 0.0497 e. The Balaban J connectivity index is 0. The van der Waals surface area contributed by atoms with E-state index in [1.165, 1.54) is 39.3 Å². The number of aryl methyl sites for hydroxylation is 2. The van der Waals surface area contributed by atoms with Crippen LogP contribution in [0.3, 0.4) is 0 Å². The van der Waals surface area contributed by atoms with Gasteiger partial charge in [0.05, 0.1) is 0 Å².